The number of aliphatic hydroxyl groups is 1. The van der Waals surface area contributed by atoms with E-state index in [1.165, 1.54) is 0 Å². The van der Waals surface area contributed by atoms with Gasteiger partial charge in [-0.2, -0.15) is 0 Å². The third-order valence-corrected chi connectivity index (χ3v) is 3.47. The number of hydrogen-bond donors (Lipinski definition) is 1. The van der Waals surface area contributed by atoms with Gasteiger partial charge in [0.15, 0.2) is 0 Å². The highest BCUT2D eigenvalue weighted by molar-refractivity contribution is 6.35. The number of hydrogen-bond acceptors (Lipinski definition) is 1. The first-order valence-electron chi connectivity index (χ1n) is 5.06. The van der Waals surface area contributed by atoms with E-state index in [0.29, 0.717) is 31.2 Å². The molecule has 0 saturated heterocycles. The molecular weight excluding hydrogens is 314 g/mol. The third-order valence-electron chi connectivity index (χ3n) is 2.45. The van der Waals surface area contributed by atoms with Gasteiger partial charge in [0.25, 0.3) is 0 Å². The summed E-state index contributed by atoms with van der Waals surface area (Å²) in [7, 11) is 0. The van der Waals surface area contributed by atoms with E-state index in [9.17, 15) is 5.11 Å². The molecule has 1 nitrogen and oxygen atoms in total. The Kier molecular flexibility index (Phi) is 4.41. The Morgan fingerprint density at radius 3 is 2.00 bits per heavy atom. The van der Waals surface area contributed by atoms with E-state index in [1.807, 2.05) is 0 Å². The Morgan fingerprint density at radius 1 is 0.778 bits per heavy atom. The summed E-state index contributed by atoms with van der Waals surface area (Å²) >= 11 is 23.7. The first-order valence-corrected chi connectivity index (χ1v) is 6.57. The quantitative estimate of drug-likeness (QED) is 0.787. The summed E-state index contributed by atoms with van der Waals surface area (Å²) in [6.45, 7) is 0. The van der Waals surface area contributed by atoms with Crippen LogP contribution in [0.5, 0.6) is 0 Å². The normalized spacial score (nSPS) is 12.5. The van der Waals surface area contributed by atoms with Gasteiger partial charge >= 0.3 is 0 Å². The maximum absolute atomic E-state index is 10.3. The van der Waals surface area contributed by atoms with Crippen LogP contribution in [-0.2, 0) is 0 Å². The van der Waals surface area contributed by atoms with Crippen LogP contribution in [0.25, 0.3) is 0 Å². The second kappa shape index (κ2) is 5.68. The molecule has 0 aliphatic carbocycles. The van der Waals surface area contributed by atoms with Gasteiger partial charge in [0.2, 0.25) is 0 Å². The van der Waals surface area contributed by atoms with E-state index in [0.717, 1.165) is 0 Å². The molecule has 18 heavy (non-hydrogen) atoms. The monoisotopic (exact) mass is 320 g/mol. The lowest BCUT2D eigenvalue weighted by Crippen LogP contribution is -2.00. The van der Waals surface area contributed by atoms with Gasteiger partial charge in [0.05, 0.1) is 0 Å². The van der Waals surface area contributed by atoms with Gasteiger partial charge in [-0.1, -0.05) is 46.4 Å². The fourth-order valence-electron chi connectivity index (χ4n) is 1.64. The van der Waals surface area contributed by atoms with Crippen molar-refractivity contribution in [1.82, 2.24) is 0 Å². The number of rotatable bonds is 2. The van der Waals surface area contributed by atoms with Crippen LogP contribution in [-0.4, -0.2) is 5.11 Å². The average Bonchev–Trinajstić information content (AvgIpc) is 2.30. The summed E-state index contributed by atoms with van der Waals surface area (Å²) in [5.41, 5.74) is 1.08. The van der Waals surface area contributed by atoms with Crippen LogP contribution < -0.4 is 0 Å². The van der Waals surface area contributed by atoms with Crippen LogP contribution in [0.15, 0.2) is 36.4 Å². The van der Waals surface area contributed by atoms with Gasteiger partial charge in [-0.3, -0.25) is 0 Å². The third kappa shape index (κ3) is 3.11. The van der Waals surface area contributed by atoms with Crippen LogP contribution in [0.4, 0.5) is 0 Å². The Hall–Kier alpha value is -0.440. The van der Waals surface area contributed by atoms with E-state index in [4.69, 9.17) is 46.4 Å². The lowest BCUT2D eigenvalue weighted by molar-refractivity contribution is 0.220. The second-order valence-electron chi connectivity index (χ2n) is 3.77. The molecule has 2 rings (SSSR count). The van der Waals surface area contributed by atoms with E-state index in [-0.39, 0.29) is 0 Å². The van der Waals surface area contributed by atoms with E-state index < -0.39 is 6.10 Å². The number of halogens is 4. The Morgan fingerprint density at radius 2 is 1.39 bits per heavy atom. The van der Waals surface area contributed by atoms with E-state index >= 15 is 0 Å². The van der Waals surface area contributed by atoms with Gasteiger partial charge in [-0.05, 0) is 42.0 Å². The Balaban J connectivity index is 2.47. The topological polar surface area (TPSA) is 20.2 Å². The molecule has 0 aliphatic rings. The molecule has 5 heteroatoms. The Bertz CT molecular complexity index is 563. The van der Waals surface area contributed by atoms with Crippen LogP contribution in [0.3, 0.4) is 0 Å². The fourth-order valence-corrected chi connectivity index (χ4v) is 2.58. The SMILES string of the molecule is OC(c1cc(Cl)cc(Cl)c1)c1cc(Cl)ccc1Cl. The molecule has 1 unspecified atom stereocenters. The van der Waals surface area contributed by atoms with Gasteiger partial charge in [0, 0.05) is 25.7 Å². The molecule has 2 aromatic rings. The summed E-state index contributed by atoms with van der Waals surface area (Å²) in [6, 6.07) is 9.77. The van der Waals surface area contributed by atoms with Crippen molar-refractivity contribution in [3.63, 3.8) is 0 Å². The van der Waals surface area contributed by atoms with Crippen molar-refractivity contribution in [3.05, 3.63) is 67.6 Å². The van der Waals surface area contributed by atoms with Crippen molar-refractivity contribution in [2.75, 3.05) is 0 Å². The van der Waals surface area contributed by atoms with Crippen LogP contribution in [0.2, 0.25) is 20.1 Å². The van der Waals surface area contributed by atoms with Crippen LogP contribution in [0, 0.1) is 0 Å². The number of benzene rings is 2. The maximum atomic E-state index is 10.3. The fraction of sp³-hybridized carbons (Fsp3) is 0.0769. The second-order valence-corrected chi connectivity index (χ2v) is 5.49. The molecule has 0 amide bonds. The van der Waals surface area contributed by atoms with Gasteiger partial charge in [-0.15, -0.1) is 0 Å². The molecule has 2 aromatic carbocycles. The molecular formula is C13H8Cl4O. The standard InChI is InChI=1S/C13H8Cl4O/c14-8-1-2-12(17)11(6-8)13(18)7-3-9(15)5-10(16)4-7/h1-6,13,18H. The van der Waals surface area contributed by atoms with Gasteiger partial charge in [-0.25, -0.2) is 0 Å². The summed E-state index contributed by atoms with van der Waals surface area (Å²) in [5, 5.41) is 12.1. The first-order chi connectivity index (χ1) is 8.47. The molecule has 0 bridgehead atoms. The van der Waals surface area contributed by atoms with Crippen molar-refractivity contribution in [3.8, 4) is 0 Å². The Labute approximate surface area is 125 Å². The highest BCUT2D eigenvalue weighted by atomic mass is 35.5. The van der Waals surface area contributed by atoms with Crippen molar-refractivity contribution in [2.24, 2.45) is 0 Å². The molecule has 0 fully saturated rings. The highest BCUT2D eigenvalue weighted by Crippen LogP contribution is 2.32. The molecule has 0 spiro atoms. The zero-order valence-corrected chi connectivity index (χ0v) is 12.0. The van der Waals surface area contributed by atoms with E-state index in [2.05, 4.69) is 0 Å². The van der Waals surface area contributed by atoms with Crippen molar-refractivity contribution in [2.45, 2.75) is 6.10 Å². The van der Waals surface area contributed by atoms with Crippen molar-refractivity contribution >= 4 is 46.4 Å². The zero-order valence-electron chi connectivity index (χ0n) is 9.00. The number of aliphatic hydroxyl groups excluding tert-OH is 1. The average molecular weight is 322 g/mol. The summed E-state index contributed by atoms with van der Waals surface area (Å²) in [4.78, 5) is 0. The molecule has 0 saturated carbocycles. The summed E-state index contributed by atoms with van der Waals surface area (Å²) in [5.74, 6) is 0. The minimum Gasteiger partial charge on any atom is -0.384 e. The molecule has 0 radical (unpaired) electrons. The molecule has 1 atom stereocenters. The zero-order chi connectivity index (χ0) is 13.3. The molecule has 94 valence electrons. The predicted octanol–water partition coefficient (Wildman–Crippen LogP) is 5.38. The highest BCUT2D eigenvalue weighted by Gasteiger charge is 2.15. The van der Waals surface area contributed by atoms with Gasteiger partial charge < -0.3 is 5.11 Å². The molecule has 0 aromatic heterocycles. The first kappa shape index (κ1) is 14.0. The maximum Gasteiger partial charge on any atom is 0.106 e. The molecule has 1 N–H and O–H groups in total. The van der Waals surface area contributed by atoms with E-state index in [1.54, 1.807) is 36.4 Å². The molecule has 0 aliphatic heterocycles. The van der Waals surface area contributed by atoms with Crippen LogP contribution >= 0.6 is 46.4 Å². The predicted molar refractivity (Wildman–Crippen MR) is 77.0 cm³/mol. The van der Waals surface area contributed by atoms with Gasteiger partial charge in [0.1, 0.15) is 6.10 Å². The summed E-state index contributed by atoms with van der Waals surface area (Å²) < 4.78 is 0. The lowest BCUT2D eigenvalue weighted by Gasteiger charge is -2.14. The molecule has 0 heterocycles. The van der Waals surface area contributed by atoms with Crippen LogP contribution in [0.1, 0.15) is 17.2 Å². The minimum absolute atomic E-state index is 0.433. The minimum atomic E-state index is -0.924. The largest absolute Gasteiger partial charge is 0.384 e. The smallest absolute Gasteiger partial charge is 0.106 e. The van der Waals surface area contributed by atoms with Crippen molar-refractivity contribution in [1.29, 1.82) is 0 Å². The van der Waals surface area contributed by atoms with Crippen molar-refractivity contribution < 1.29 is 5.11 Å². The summed E-state index contributed by atoms with van der Waals surface area (Å²) in [6.07, 6.45) is -0.924. The lowest BCUT2D eigenvalue weighted by atomic mass is 10.0.